The maximum Gasteiger partial charge on any atom is 0.338 e. The van der Waals surface area contributed by atoms with Crippen LogP contribution < -0.4 is 0 Å². The van der Waals surface area contributed by atoms with Crippen molar-refractivity contribution in [1.29, 1.82) is 0 Å². The lowest BCUT2D eigenvalue weighted by Crippen LogP contribution is -2.21. The molecule has 1 aliphatic rings. The highest BCUT2D eigenvalue weighted by Gasteiger charge is 2.45. The lowest BCUT2D eigenvalue weighted by molar-refractivity contribution is 0.0600. The highest BCUT2D eigenvalue weighted by Crippen LogP contribution is 2.45. The summed E-state index contributed by atoms with van der Waals surface area (Å²) in [5.41, 5.74) is 0.299. The van der Waals surface area contributed by atoms with Crippen molar-refractivity contribution in [2.45, 2.75) is 24.5 Å². The zero-order valence-electron chi connectivity index (χ0n) is 14.5. The Bertz CT molecular complexity index is 1160. The molecule has 0 radical (unpaired) electrons. The van der Waals surface area contributed by atoms with Gasteiger partial charge in [-0.15, -0.1) is 0 Å². The number of methoxy groups -OCH3 is 1. The summed E-state index contributed by atoms with van der Waals surface area (Å²) in [7, 11) is -3.79. The third-order valence-corrected chi connectivity index (χ3v) is 8.73. The summed E-state index contributed by atoms with van der Waals surface area (Å²) in [5.74, 6) is -1.93. The van der Waals surface area contributed by atoms with Crippen molar-refractivity contribution < 1.29 is 26.7 Å². The lowest BCUT2D eigenvalue weighted by Gasteiger charge is -2.20. The van der Waals surface area contributed by atoms with Crippen LogP contribution >= 0.6 is 0 Å². The van der Waals surface area contributed by atoms with Gasteiger partial charge in [-0.25, -0.2) is 22.0 Å². The molecule has 0 unspecified atom stereocenters. The van der Waals surface area contributed by atoms with Crippen molar-refractivity contribution in [3.8, 4) is 0 Å². The van der Waals surface area contributed by atoms with Gasteiger partial charge in [-0.2, -0.15) is 0 Å². The molecule has 8 heteroatoms. The van der Waals surface area contributed by atoms with E-state index < -0.39 is 38.3 Å². The first-order chi connectivity index (χ1) is 13.3. The van der Waals surface area contributed by atoms with Crippen molar-refractivity contribution in [3.63, 3.8) is 0 Å². The normalized spacial score (nSPS) is 14.8. The summed E-state index contributed by atoms with van der Waals surface area (Å²) in [4.78, 5) is 12.9. The summed E-state index contributed by atoms with van der Waals surface area (Å²) < 4.78 is 58.4. The Balaban J connectivity index is 2.03. The number of fused-ring (bicyclic) bond motifs is 2. The summed E-state index contributed by atoms with van der Waals surface area (Å²) in [5, 5.41) is 0. The molecule has 1 aliphatic heterocycles. The molecule has 1 heterocycles. The van der Waals surface area contributed by atoms with Crippen LogP contribution in [0.25, 0.3) is 0 Å². The lowest BCUT2D eigenvalue weighted by atomic mass is 10.2. The van der Waals surface area contributed by atoms with Crippen LogP contribution in [0.5, 0.6) is 0 Å². The fourth-order valence-corrected chi connectivity index (χ4v) is 7.81. The average Bonchev–Trinajstić information content (AvgIpc) is 2.69. The highest BCUT2D eigenvalue weighted by atomic mass is 32.2. The first-order valence-corrected chi connectivity index (χ1v) is 10.8. The van der Waals surface area contributed by atoms with Gasteiger partial charge in [0.25, 0.3) is 0 Å². The Hall–Kier alpha value is -2.71. The van der Waals surface area contributed by atoms with Gasteiger partial charge in [0.15, 0.2) is 14.7 Å². The zero-order valence-corrected chi connectivity index (χ0v) is 16.1. The molecule has 3 aromatic carbocycles. The Morgan fingerprint density at radius 2 is 1.46 bits per heavy atom. The Morgan fingerprint density at radius 1 is 0.893 bits per heavy atom. The van der Waals surface area contributed by atoms with Gasteiger partial charge in [0.05, 0.1) is 12.7 Å². The van der Waals surface area contributed by atoms with Crippen molar-refractivity contribution in [2.24, 2.45) is 0 Å². The van der Waals surface area contributed by atoms with Gasteiger partial charge in [0.1, 0.15) is 32.3 Å². The number of esters is 1. The summed E-state index contributed by atoms with van der Waals surface area (Å²) in [6.07, 6.45) is 0. The van der Waals surface area contributed by atoms with Crippen molar-refractivity contribution in [2.75, 3.05) is 7.11 Å². The molecule has 0 spiro atoms. The molecule has 0 bridgehead atoms. The topological polar surface area (TPSA) is 60.4 Å². The Kier molecular flexibility index (Phi) is 4.47. The van der Waals surface area contributed by atoms with E-state index in [4.69, 9.17) is 4.74 Å². The summed E-state index contributed by atoms with van der Waals surface area (Å²) in [6, 6.07) is 13.7. The number of carbonyl (C=O) groups excluding carboxylic acids is 1. The second-order valence-corrected chi connectivity index (χ2v) is 9.86. The maximum atomic E-state index is 13.8. The van der Waals surface area contributed by atoms with Gasteiger partial charge in [-0.1, -0.05) is 6.07 Å². The van der Waals surface area contributed by atoms with Gasteiger partial charge in [-0.05, 0) is 48.5 Å². The number of rotatable bonds is 2. The summed E-state index contributed by atoms with van der Waals surface area (Å²) >= 11 is 0. The first kappa shape index (κ1) is 18.6. The Morgan fingerprint density at radius 3 is 2.00 bits per heavy atom. The monoisotopic (exact) mass is 419 g/mol. The molecule has 4 rings (SSSR count). The molecule has 0 N–H and O–H groups in total. The molecular weight excluding hydrogens is 406 g/mol. The zero-order chi connectivity index (χ0) is 20.1. The molecule has 3 aromatic rings. The number of hydrogen-bond donors (Lipinski definition) is 0. The van der Waals surface area contributed by atoms with E-state index in [0.29, 0.717) is 20.2 Å². The van der Waals surface area contributed by atoms with E-state index in [0.717, 1.165) is 12.1 Å². The number of ether oxygens (including phenoxy) is 1. The number of benzene rings is 3. The van der Waals surface area contributed by atoms with E-state index in [1.807, 2.05) is 0 Å². The van der Waals surface area contributed by atoms with E-state index in [-0.39, 0.29) is 9.79 Å². The third kappa shape index (κ3) is 2.89. The molecule has 0 aliphatic carbocycles. The van der Waals surface area contributed by atoms with Crippen LogP contribution in [0, 0.1) is 11.6 Å². The number of carbonyl (C=O) groups is 1. The van der Waals surface area contributed by atoms with Crippen LogP contribution in [-0.2, 0) is 25.5 Å². The van der Waals surface area contributed by atoms with Crippen LogP contribution in [0.2, 0.25) is 0 Å². The second kappa shape index (κ2) is 6.72. The predicted molar refractivity (Wildman–Crippen MR) is 98.2 cm³/mol. The van der Waals surface area contributed by atoms with E-state index in [9.17, 15) is 22.0 Å². The predicted octanol–water partition coefficient (Wildman–Crippen LogP) is 3.99. The third-order valence-electron chi connectivity index (χ3n) is 4.32. The minimum absolute atomic E-state index is 0.197. The molecule has 0 saturated heterocycles. The van der Waals surface area contributed by atoms with Crippen LogP contribution in [0.3, 0.4) is 0 Å². The number of halogens is 2. The number of hydrogen-bond acceptors (Lipinski definition) is 4. The highest BCUT2D eigenvalue weighted by molar-refractivity contribution is 8.00. The molecule has 4 nitrogen and oxygen atoms in total. The SMILES string of the molecule is COC(=O)c1cccc([S+]2c3ccc(F)cc3S(=O)(=O)c3cc(F)ccc32)c1. The van der Waals surface area contributed by atoms with Gasteiger partial charge < -0.3 is 4.74 Å². The van der Waals surface area contributed by atoms with Crippen molar-refractivity contribution in [3.05, 3.63) is 77.9 Å². The van der Waals surface area contributed by atoms with E-state index in [1.54, 1.807) is 24.3 Å². The van der Waals surface area contributed by atoms with Gasteiger partial charge in [0.2, 0.25) is 9.84 Å². The van der Waals surface area contributed by atoms with Crippen LogP contribution in [0.1, 0.15) is 10.4 Å². The fraction of sp³-hybridized carbons (Fsp3) is 0.0500. The van der Waals surface area contributed by atoms with Gasteiger partial charge >= 0.3 is 5.97 Å². The quantitative estimate of drug-likeness (QED) is 0.364. The smallest absolute Gasteiger partial charge is 0.338 e. The molecule has 142 valence electrons. The largest absolute Gasteiger partial charge is 0.465 e. The minimum atomic E-state index is -4.08. The van der Waals surface area contributed by atoms with Gasteiger partial charge in [0, 0.05) is 6.07 Å². The van der Waals surface area contributed by atoms with Crippen LogP contribution in [0.15, 0.2) is 85.1 Å². The summed E-state index contributed by atoms with van der Waals surface area (Å²) in [6.45, 7) is 0. The molecule has 28 heavy (non-hydrogen) atoms. The van der Waals surface area contributed by atoms with Crippen LogP contribution in [-0.4, -0.2) is 21.5 Å². The molecule has 0 fully saturated rings. The van der Waals surface area contributed by atoms with Crippen molar-refractivity contribution in [1.82, 2.24) is 0 Å². The maximum absolute atomic E-state index is 13.8. The molecule has 0 saturated carbocycles. The van der Waals surface area contributed by atoms with Crippen molar-refractivity contribution >= 4 is 26.7 Å². The Labute approximate surface area is 163 Å². The minimum Gasteiger partial charge on any atom is -0.465 e. The molecular formula is C20H13F2O4S2+. The molecule has 0 aromatic heterocycles. The average molecular weight is 419 g/mol. The fourth-order valence-electron chi connectivity index (χ4n) is 3.08. The second-order valence-electron chi connectivity index (χ2n) is 6.01. The molecule has 0 amide bonds. The van der Waals surface area contributed by atoms with E-state index in [2.05, 4.69) is 0 Å². The standard InChI is InChI=1S/C20H13F2O4S2/c1-26-20(23)12-3-2-4-15(9-12)27-16-7-5-13(21)10-18(16)28(24,25)19-11-14(22)6-8-17(19)27/h2-11H,1H3/q+1. The number of sulfone groups is 1. The van der Waals surface area contributed by atoms with Gasteiger partial charge in [-0.3, -0.25) is 0 Å². The first-order valence-electron chi connectivity index (χ1n) is 8.10. The van der Waals surface area contributed by atoms with E-state index in [1.165, 1.54) is 31.4 Å². The molecule has 0 atom stereocenters. The van der Waals surface area contributed by atoms with Crippen LogP contribution in [0.4, 0.5) is 8.78 Å². The van der Waals surface area contributed by atoms with E-state index >= 15 is 0 Å².